The van der Waals surface area contributed by atoms with Gasteiger partial charge >= 0.3 is 0 Å². The van der Waals surface area contributed by atoms with Crippen molar-refractivity contribution in [2.24, 2.45) is 0 Å². The summed E-state index contributed by atoms with van der Waals surface area (Å²) >= 11 is 5.92. The highest BCUT2D eigenvalue weighted by Gasteiger charge is 2.01. The Morgan fingerprint density at radius 3 is 2.50 bits per heavy atom. The second-order valence-corrected chi connectivity index (χ2v) is 4.30. The summed E-state index contributed by atoms with van der Waals surface area (Å²) in [6, 6.07) is 11.9. The van der Waals surface area contributed by atoms with E-state index in [1.807, 2.05) is 6.07 Å². The molecule has 0 saturated carbocycles. The fourth-order valence-electron chi connectivity index (χ4n) is 1.58. The molecule has 2 nitrogen and oxygen atoms in total. The Kier molecular flexibility index (Phi) is 3.11. The van der Waals surface area contributed by atoms with E-state index in [9.17, 15) is 0 Å². The van der Waals surface area contributed by atoms with Crippen molar-refractivity contribution in [3.05, 3.63) is 58.2 Å². The van der Waals surface area contributed by atoms with Crippen LogP contribution < -0.4 is 5.73 Å². The van der Waals surface area contributed by atoms with Crippen molar-refractivity contribution < 1.29 is 0 Å². The standard InChI is InChI=1S/C13H13ClN2/c1-9-2-4-10(5-3-9)6-12-7-11(14)8-13(15)16-12/h2-5,7-8H,6H2,1H3,(H2,15,16). The van der Waals surface area contributed by atoms with Crippen LogP contribution in [0.2, 0.25) is 5.02 Å². The quantitative estimate of drug-likeness (QED) is 0.864. The average Bonchev–Trinajstić information content (AvgIpc) is 2.20. The zero-order valence-electron chi connectivity index (χ0n) is 9.07. The van der Waals surface area contributed by atoms with E-state index >= 15 is 0 Å². The predicted molar refractivity (Wildman–Crippen MR) is 67.6 cm³/mol. The molecule has 1 heterocycles. The van der Waals surface area contributed by atoms with E-state index in [2.05, 4.69) is 36.2 Å². The highest BCUT2D eigenvalue weighted by Crippen LogP contribution is 2.16. The Labute approximate surface area is 100 Å². The molecular weight excluding hydrogens is 220 g/mol. The second-order valence-electron chi connectivity index (χ2n) is 3.86. The van der Waals surface area contributed by atoms with E-state index < -0.39 is 0 Å². The summed E-state index contributed by atoms with van der Waals surface area (Å²) in [6.07, 6.45) is 0.755. The van der Waals surface area contributed by atoms with E-state index in [4.69, 9.17) is 17.3 Å². The van der Waals surface area contributed by atoms with Crippen molar-refractivity contribution >= 4 is 17.4 Å². The molecule has 0 aliphatic carbocycles. The van der Waals surface area contributed by atoms with Crippen LogP contribution in [0.4, 0.5) is 5.82 Å². The minimum atomic E-state index is 0.467. The molecule has 0 fully saturated rings. The van der Waals surface area contributed by atoms with Gasteiger partial charge < -0.3 is 5.73 Å². The van der Waals surface area contributed by atoms with Crippen molar-refractivity contribution in [1.82, 2.24) is 4.98 Å². The molecule has 2 rings (SSSR count). The molecule has 0 amide bonds. The van der Waals surface area contributed by atoms with Gasteiger partial charge in [0.05, 0.1) is 0 Å². The summed E-state index contributed by atoms with van der Waals surface area (Å²) in [4.78, 5) is 4.25. The van der Waals surface area contributed by atoms with E-state index in [1.54, 1.807) is 6.07 Å². The molecule has 3 heteroatoms. The summed E-state index contributed by atoms with van der Waals surface area (Å²) in [5.74, 6) is 0.467. The van der Waals surface area contributed by atoms with Crippen LogP contribution in [0.5, 0.6) is 0 Å². The zero-order valence-corrected chi connectivity index (χ0v) is 9.83. The van der Waals surface area contributed by atoms with Crippen molar-refractivity contribution in [3.8, 4) is 0 Å². The van der Waals surface area contributed by atoms with Gasteiger partial charge in [-0.25, -0.2) is 4.98 Å². The number of halogens is 1. The summed E-state index contributed by atoms with van der Waals surface area (Å²) in [7, 11) is 0. The Balaban J connectivity index is 2.23. The maximum Gasteiger partial charge on any atom is 0.125 e. The van der Waals surface area contributed by atoms with Crippen LogP contribution in [0, 0.1) is 6.92 Å². The van der Waals surface area contributed by atoms with Gasteiger partial charge in [-0.3, -0.25) is 0 Å². The van der Waals surface area contributed by atoms with Gasteiger partial charge in [-0.2, -0.15) is 0 Å². The van der Waals surface area contributed by atoms with Gasteiger partial charge in [0.1, 0.15) is 5.82 Å². The van der Waals surface area contributed by atoms with Gasteiger partial charge in [0, 0.05) is 17.1 Å². The molecule has 2 N–H and O–H groups in total. The topological polar surface area (TPSA) is 38.9 Å². The number of anilines is 1. The second kappa shape index (κ2) is 4.54. The van der Waals surface area contributed by atoms with Gasteiger partial charge in [0.2, 0.25) is 0 Å². The molecule has 0 saturated heterocycles. The molecule has 1 aromatic carbocycles. The first kappa shape index (κ1) is 11.0. The highest BCUT2D eigenvalue weighted by molar-refractivity contribution is 6.30. The predicted octanol–water partition coefficient (Wildman–Crippen LogP) is 3.22. The maximum absolute atomic E-state index is 5.92. The normalized spacial score (nSPS) is 10.4. The SMILES string of the molecule is Cc1ccc(Cc2cc(Cl)cc(N)n2)cc1. The van der Waals surface area contributed by atoms with Gasteiger partial charge in [0.15, 0.2) is 0 Å². The van der Waals surface area contributed by atoms with Crippen LogP contribution in [-0.4, -0.2) is 4.98 Å². The van der Waals surface area contributed by atoms with Gasteiger partial charge in [-0.1, -0.05) is 41.4 Å². The van der Waals surface area contributed by atoms with Crippen LogP contribution in [0.25, 0.3) is 0 Å². The molecular formula is C13H13ClN2. The molecule has 16 heavy (non-hydrogen) atoms. The molecule has 0 atom stereocenters. The minimum absolute atomic E-state index is 0.467. The first-order valence-corrected chi connectivity index (χ1v) is 5.49. The molecule has 2 aromatic rings. The fourth-order valence-corrected chi connectivity index (χ4v) is 1.82. The van der Waals surface area contributed by atoms with E-state index in [1.165, 1.54) is 11.1 Å². The molecule has 0 aliphatic heterocycles. The number of nitrogens with zero attached hydrogens (tertiary/aromatic N) is 1. The Bertz CT molecular complexity index is 472. The van der Waals surface area contributed by atoms with Gasteiger partial charge in [-0.05, 0) is 24.6 Å². The van der Waals surface area contributed by atoms with E-state index in [0.29, 0.717) is 10.8 Å². The minimum Gasteiger partial charge on any atom is -0.384 e. The lowest BCUT2D eigenvalue weighted by molar-refractivity contribution is 1.08. The number of pyridine rings is 1. The zero-order chi connectivity index (χ0) is 11.5. The fraction of sp³-hybridized carbons (Fsp3) is 0.154. The third-order valence-corrected chi connectivity index (χ3v) is 2.59. The Morgan fingerprint density at radius 2 is 1.88 bits per heavy atom. The van der Waals surface area contributed by atoms with E-state index in [0.717, 1.165) is 12.1 Å². The lowest BCUT2D eigenvalue weighted by atomic mass is 10.1. The maximum atomic E-state index is 5.92. The summed E-state index contributed by atoms with van der Waals surface area (Å²) in [5.41, 5.74) is 9.00. The number of aromatic nitrogens is 1. The number of rotatable bonds is 2. The number of hydrogen-bond donors (Lipinski definition) is 1. The van der Waals surface area contributed by atoms with Crippen molar-refractivity contribution in [2.45, 2.75) is 13.3 Å². The largest absolute Gasteiger partial charge is 0.384 e. The van der Waals surface area contributed by atoms with Crippen LogP contribution in [0.3, 0.4) is 0 Å². The summed E-state index contributed by atoms with van der Waals surface area (Å²) in [6.45, 7) is 2.07. The van der Waals surface area contributed by atoms with Crippen LogP contribution in [-0.2, 0) is 6.42 Å². The Morgan fingerprint density at radius 1 is 1.19 bits per heavy atom. The lowest BCUT2D eigenvalue weighted by Gasteiger charge is -2.03. The lowest BCUT2D eigenvalue weighted by Crippen LogP contribution is -1.97. The first-order chi connectivity index (χ1) is 7.63. The average molecular weight is 233 g/mol. The number of nitrogens with two attached hydrogens (primary N) is 1. The van der Waals surface area contributed by atoms with Crippen LogP contribution >= 0.6 is 11.6 Å². The molecule has 0 radical (unpaired) electrons. The molecule has 1 aromatic heterocycles. The number of nitrogen functional groups attached to an aromatic ring is 1. The van der Waals surface area contributed by atoms with E-state index in [-0.39, 0.29) is 0 Å². The van der Waals surface area contributed by atoms with Gasteiger partial charge in [0.25, 0.3) is 0 Å². The number of benzene rings is 1. The number of aryl methyl sites for hydroxylation is 1. The van der Waals surface area contributed by atoms with Crippen molar-refractivity contribution in [1.29, 1.82) is 0 Å². The van der Waals surface area contributed by atoms with Gasteiger partial charge in [-0.15, -0.1) is 0 Å². The van der Waals surface area contributed by atoms with Crippen LogP contribution in [0.1, 0.15) is 16.8 Å². The molecule has 0 bridgehead atoms. The Hall–Kier alpha value is -1.54. The molecule has 82 valence electrons. The summed E-state index contributed by atoms with van der Waals surface area (Å²) < 4.78 is 0. The molecule has 0 unspecified atom stereocenters. The number of hydrogen-bond acceptors (Lipinski definition) is 2. The monoisotopic (exact) mass is 232 g/mol. The highest BCUT2D eigenvalue weighted by atomic mass is 35.5. The van der Waals surface area contributed by atoms with Crippen molar-refractivity contribution in [3.63, 3.8) is 0 Å². The van der Waals surface area contributed by atoms with Crippen LogP contribution in [0.15, 0.2) is 36.4 Å². The molecule has 0 aliphatic rings. The van der Waals surface area contributed by atoms with Crippen molar-refractivity contribution in [2.75, 3.05) is 5.73 Å². The first-order valence-electron chi connectivity index (χ1n) is 5.11. The smallest absolute Gasteiger partial charge is 0.125 e. The molecule has 0 spiro atoms. The summed E-state index contributed by atoms with van der Waals surface area (Å²) in [5, 5.41) is 0.634. The third kappa shape index (κ3) is 2.74. The third-order valence-electron chi connectivity index (χ3n) is 2.37.